The fraction of sp³-hybridized carbons (Fsp3) is 0.350. The number of rotatable bonds is 2. The van der Waals surface area contributed by atoms with Gasteiger partial charge in [-0.2, -0.15) is 4.31 Å². The zero-order chi connectivity index (χ0) is 19.0. The summed E-state index contributed by atoms with van der Waals surface area (Å²) in [6.45, 7) is 2.25. The molecule has 0 amide bonds. The highest BCUT2D eigenvalue weighted by atomic mass is 35.5. The van der Waals surface area contributed by atoms with Crippen molar-refractivity contribution in [3.8, 4) is 0 Å². The molecule has 3 heterocycles. The van der Waals surface area contributed by atoms with E-state index in [1.54, 1.807) is 36.4 Å². The number of hydrogen-bond acceptors (Lipinski definition) is 4. The van der Waals surface area contributed by atoms with Gasteiger partial charge in [0.1, 0.15) is 5.60 Å². The Kier molecular flexibility index (Phi) is 3.63. The number of benzene rings is 2. The monoisotopic (exact) mass is 403 g/mol. The Bertz CT molecular complexity index is 1070. The van der Waals surface area contributed by atoms with Gasteiger partial charge in [0.25, 0.3) is 0 Å². The van der Waals surface area contributed by atoms with Crippen LogP contribution in [0.1, 0.15) is 34.0 Å². The van der Waals surface area contributed by atoms with Gasteiger partial charge >= 0.3 is 0 Å². The normalized spacial score (nSPS) is 29.6. The topological polar surface area (TPSA) is 63.7 Å². The highest BCUT2D eigenvalue weighted by Crippen LogP contribution is 2.54. The summed E-state index contributed by atoms with van der Waals surface area (Å²) in [4.78, 5) is 13.5. The van der Waals surface area contributed by atoms with E-state index in [2.05, 4.69) is 0 Å². The third kappa shape index (κ3) is 2.37. The number of halogens is 1. The van der Waals surface area contributed by atoms with Crippen molar-refractivity contribution in [2.75, 3.05) is 13.1 Å². The second kappa shape index (κ2) is 5.64. The molecule has 7 heteroatoms. The average Bonchev–Trinajstić information content (AvgIpc) is 3.14. The lowest BCUT2D eigenvalue weighted by atomic mass is 9.85. The maximum absolute atomic E-state index is 13.3. The summed E-state index contributed by atoms with van der Waals surface area (Å²) in [5, 5.41) is 0.499. The summed E-state index contributed by atoms with van der Waals surface area (Å²) in [5.41, 5.74) is 1.32. The maximum atomic E-state index is 13.3. The minimum atomic E-state index is -3.67. The van der Waals surface area contributed by atoms with Crippen LogP contribution in [0.15, 0.2) is 47.4 Å². The van der Waals surface area contributed by atoms with E-state index in [1.165, 1.54) is 4.31 Å². The second-order valence-electron chi connectivity index (χ2n) is 7.60. The minimum absolute atomic E-state index is 0.0508. The molecule has 2 fully saturated rings. The van der Waals surface area contributed by atoms with E-state index in [1.807, 2.05) is 13.0 Å². The fourth-order valence-corrected chi connectivity index (χ4v) is 6.27. The molecule has 0 unspecified atom stereocenters. The molecule has 3 aliphatic heterocycles. The number of sulfonamides is 1. The summed E-state index contributed by atoms with van der Waals surface area (Å²) in [6.07, 6.45) is 0.463. The average molecular weight is 404 g/mol. The van der Waals surface area contributed by atoms with Crippen LogP contribution in [0.3, 0.4) is 0 Å². The fourth-order valence-electron chi connectivity index (χ4n) is 4.59. The van der Waals surface area contributed by atoms with Gasteiger partial charge < -0.3 is 4.74 Å². The maximum Gasteiger partial charge on any atom is 0.243 e. The number of nitrogens with zero attached hydrogens (tertiary/aromatic N) is 1. The van der Waals surface area contributed by atoms with Gasteiger partial charge in [-0.25, -0.2) is 8.42 Å². The number of carbonyl (C=O) groups is 1. The first-order valence-corrected chi connectivity index (χ1v) is 10.7. The van der Waals surface area contributed by atoms with Gasteiger partial charge in [0, 0.05) is 23.0 Å². The van der Waals surface area contributed by atoms with Crippen molar-refractivity contribution in [3.05, 3.63) is 64.2 Å². The van der Waals surface area contributed by atoms with Crippen LogP contribution in [0.2, 0.25) is 5.02 Å². The number of fused-ring (bicyclic) bond motifs is 3. The van der Waals surface area contributed by atoms with Crippen molar-refractivity contribution < 1.29 is 17.9 Å². The number of aryl methyl sites for hydroxylation is 1. The van der Waals surface area contributed by atoms with Crippen LogP contribution in [0.25, 0.3) is 0 Å². The summed E-state index contributed by atoms with van der Waals surface area (Å²) < 4.78 is 33.7. The lowest BCUT2D eigenvalue weighted by Crippen LogP contribution is -2.48. The number of ether oxygens (including phenoxy) is 1. The van der Waals surface area contributed by atoms with E-state index < -0.39 is 15.6 Å². The predicted octanol–water partition coefficient (Wildman–Crippen LogP) is 3.37. The number of ketones is 1. The first kappa shape index (κ1) is 17.4. The molecule has 2 aromatic rings. The second-order valence-corrected chi connectivity index (χ2v) is 9.97. The Morgan fingerprint density at radius 1 is 1.19 bits per heavy atom. The molecule has 140 valence electrons. The standard InChI is InChI=1S/C20H18ClNO4S/c1-12-2-5-15(6-3-12)27(24,25)22-10-13-8-18-16-7-4-14(21)9-17(16)19(23)20(13,11-22)26-18/h2-7,9,13,18H,8,10-11H2,1H3/t13-,18-,20+/m0/s1. The first-order chi connectivity index (χ1) is 12.8. The highest BCUT2D eigenvalue weighted by molar-refractivity contribution is 7.89. The Morgan fingerprint density at radius 3 is 2.67 bits per heavy atom. The van der Waals surface area contributed by atoms with Crippen LogP contribution < -0.4 is 0 Å². The molecule has 2 bridgehead atoms. The molecule has 0 radical (unpaired) electrons. The molecule has 2 aromatic carbocycles. The molecule has 0 N–H and O–H groups in total. The Morgan fingerprint density at radius 2 is 1.93 bits per heavy atom. The van der Waals surface area contributed by atoms with Crippen LogP contribution >= 0.6 is 11.6 Å². The molecule has 0 aromatic heterocycles. The van der Waals surface area contributed by atoms with Crippen molar-refractivity contribution in [1.29, 1.82) is 0 Å². The molecule has 1 spiro atoms. The SMILES string of the molecule is Cc1ccc(S(=O)(=O)N2C[C@@H]3C[C@@H]4O[C@@]3(C2)C(=O)c2cc(Cl)ccc24)cc1. The zero-order valence-electron chi connectivity index (χ0n) is 14.7. The van der Waals surface area contributed by atoms with Gasteiger partial charge in [0.15, 0.2) is 5.78 Å². The van der Waals surface area contributed by atoms with Crippen molar-refractivity contribution >= 4 is 27.4 Å². The lowest BCUT2D eigenvalue weighted by molar-refractivity contribution is -0.0342. The molecule has 3 aliphatic rings. The van der Waals surface area contributed by atoms with Gasteiger partial charge in [-0.05, 0) is 43.2 Å². The number of Topliss-reactive ketones (excluding diaryl/α,β-unsaturated/α-hetero) is 1. The van der Waals surface area contributed by atoms with Crippen molar-refractivity contribution in [3.63, 3.8) is 0 Å². The van der Waals surface area contributed by atoms with Crippen LogP contribution in [-0.4, -0.2) is 37.2 Å². The summed E-state index contributed by atoms with van der Waals surface area (Å²) in [7, 11) is -3.67. The predicted molar refractivity (Wildman–Crippen MR) is 100 cm³/mol. The quantitative estimate of drug-likeness (QED) is 0.771. The van der Waals surface area contributed by atoms with Gasteiger partial charge in [0.2, 0.25) is 10.0 Å². The molecular weight excluding hydrogens is 386 g/mol. The van der Waals surface area contributed by atoms with Crippen LogP contribution in [-0.2, 0) is 14.8 Å². The van der Waals surface area contributed by atoms with Gasteiger partial charge in [0.05, 0.1) is 17.5 Å². The van der Waals surface area contributed by atoms with Crippen LogP contribution in [0, 0.1) is 12.8 Å². The largest absolute Gasteiger partial charge is 0.357 e. The van der Waals surface area contributed by atoms with Crippen molar-refractivity contribution in [2.45, 2.75) is 29.9 Å². The van der Waals surface area contributed by atoms with Gasteiger partial charge in [-0.15, -0.1) is 0 Å². The Labute approximate surface area is 162 Å². The molecule has 5 rings (SSSR count). The van der Waals surface area contributed by atoms with E-state index in [-0.39, 0.29) is 29.2 Å². The minimum Gasteiger partial charge on any atom is -0.357 e. The third-order valence-corrected chi connectivity index (χ3v) is 8.06. The van der Waals surface area contributed by atoms with Crippen LogP contribution in [0.5, 0.6) is 0 Å². The van der Waals surface area contributed by atoms with Crippen molar-refractivity contribution in [2.24, 2.45) is 5.92 Å². The zero-order valence-corrected chi connectivity index (χ0v) is 16.3. The Hall–Kier alpha value is -1.73. The van der Waals surface area contributed by atoms with E-state index in [9.17, 15) is 13.2 Å². The molecular formula is C20H18ClNO4S. The highest BCUT2D eigenvalue weighted by Gasteiger charge is 2.63. The van der Waals surface area contributed by atoms with E-state index in [0.717, 1.165) is 11.1 Å². The molecule has 0 saturated carbocycles. The molecule has 0 aliphatic carbocycles. The van der Waals surface area contributed by atoms with Crippen LogP contribution in [0.4, 0.5) is 0 Å². The van der Waals surface area contributed by atoms with Gasteiger partial charge in [-0.3, -0.25) is 4.79 Å². The number of hydrogen-bond donors (Lipinski definition) is 0. The third-order valence-electron chi connectivity index (χ3n) is 6.00. The number of carbonyl (C=O) groups excluding carboxylic acids is 1. The molecule has 2 saturated heterocycles. The van der Waals surface area contributed by atoms with E-state index >= 15 is 0 Å². The van der Waals surface area contributed by atoms with Crippen molar-refractivity contribution in [1.82, 2.24) is 4.31 Å². The summed E-state index contributed by atoms with van der Waals surface area (Å²) >= 11 is 6.09. The molecule has 3 atom stereocenters. The molecule has 27 heavy (non-hydrogen) atoms. The Balaban J connectivity index is 1.52. The van der Waals surface area contributed by atoms with E-state index in [4.69, 9.17) is 16.3 Å². The summed E-state index contributed by atoms with van der Waals surface area (Å²) in [6, 6.07) is 12.1. The smallest absolute Gasteiger partial charge is 0.243 e. The first-order valence-electron chi connectivity index (χ1n) is 8.90. The van der Waals surface area contributed by atoms with Gasteiger partial charge in [-0.1, -0.05) is 35.4 Å². The molecule has 5 nitrogen and oxygen atoms in total. The lowest BCUT2D eigenvalue weighted by Gasteiger charge is -2.33. The van der Waals surface area contributed by atoms with E-state index in [0.29, 0.717) is 23.6 Å². The summed E-state index contributed by atoms with van der Waals surface area (Å²) in [5.74, 6) is -0.304.